The van der Waals surface area contributed by atoms with Crippen molar-refractivity contribution in [1.82, 2.24) is 15.1 Å². The summed E-state index contributed by atoms with van der Waals surface area (Å²) in [5.74, 6) is 0.110. The van der Waals surface area contributed by atoms with Crippen LogP contribution >= 0.6 is 24.0 Å². The second kappa shape index (κ2) is 11.5. The van der Waals surface area contributed by atoms with Gasteiger partial charge < -0.3 is 20.3 Å². The molecule has 1 atom stereocenters. The molecule has 2 saturated heterocycles. The standard InChI is InChI=1S/C19H28FN5O2.HI/c1-2-21-19(22-13-18(26)23-16-5-3-4-15(20)12-16)25-7-6-17(14-25)24-8-10-27-11-9-24;/h3-5,12,17H,2,6-11,13-14H2,1H3,(H,21,22)(H,23,26);1H. The molecule has 3 rings (SSSR count). The van der Waals surface area contributed by atoms with E-state index in [2.05, 4.69) is 25.4 Å². The van der Waals surface area contributed by atoms with Gasteiger partial charge in [0.1, 0.15) is 12.4 Å². The van der Waals surface area contributed by atoms with Crippen LogP contribution in [0.4, 0.5) is 10.1 Å². The van der Waals surface area contributed by atoms with Crippen LogP contribution < -0.4 is 10.6 Å². The molecule has 2 aliphatic rings. The van der Waals surface area contributed by atoms with Gasteiger partial charge in [-0.2, -0.15) is 0 Å². The van der Waals surface area contributed by atoms with Crippen LogP contribution in [0.25, 0.3) is 0 Å². The zero-order valence-electron chi connectivity index (χ0n) is 16.2. The van der Waals surface area contributed by atoms with Crippen LogP contribution in [0.5, 0.6) is 0 Å². The summed E-state index contributed by atoms with van der Waals surface area (Å²) in [5, 5.41) is 5.95. The highest BCUT2D eigenvalue weighted by Crippen LogP contribution is 2.17. The average Bonchev–Trinajstić information content (AvgIpc) is 3.16. The minimum Gasteiger partial charge on any atom is -0.379 e. The Morgan fingerprint density at radius 3 is 2.82 bits per heavy atom. The lowest BCUT2D eigenvalue weighted by atomic mass is 10.2. The number of benzene rings is 1. The molecule has 156 valence electrons. The van der Waals surface area contributed by atoms with E-state index in [1.165, 1.54) is 12.1 Å². The molecule has 1 aromatic carbocycles. The van der Waals surface area contributed by atoms with E-state index in [0.29, 0.717) is 11.7 Å². The molecule has 2 aliphatic heterocycles. The van der Waals surface area contributed by atoms with Crippen molar-refractivity contribution < 1.29 is 13.9 Å². The van der Waals surface area contributed by atoms with E-state index < -0.39 is 0 Å². The molecule has 0 saturated carbocycles. The molecule has 1 unspecified atom stereocenters. The molecule has 0 aliphatic carbocycles. The lowest BCUT2D eigenvalue weighted by molar-refractivity contribution is -0.114. The maximum absolute atomic E-state index is 13.2. The first-order chi connectivity index (χ1) is 13.2. The number of anilines is 1. The summed E-state index contributed by atoms with van der Waals surface area (Å²) in [7, 11) is 0. The number of nitrogens with zero attached hydrogens (tertiary/aromatic N) is 3. The Morgan fingerprint density at radius 1 is 1.32 bits per heavy atom. The third-order valence-electron chi connectivity index (χ3n) is 4.84. The number of carbonyl (C=O) groups excluding carboxylic acids is 1. The summed E-state index contributed by atoms with van der Waals surface area (Å²) in [6.45, 7) is 8.11. The van der Waals surface area contributed by atoms with Crippen molar-refractivity contribution >= 4 is 41.5 Å². The zero-order chi connectivity index (χ0) is 19.1. The van der Waals surface area contributed by atoms with Gasteiger partial charge in [-0.05, 0) is 31.5 Å². The molecule has 9 heteroatoms. The van der Waals surface area contributed by atoms with Crippen molar-refractivity contribution in [2.24, 2.45) is 4.99 Å². The van der Waals surface area contributed by atoms with Crippen LogP contribution in [0.1, 0.15) is 13.3 Å². The second-order valence-corrected chi connectivity index (χ2v) is 6.77. The second-order valence-electron chi connectivity index (χ2n) is 6.77. The Hall–Kier alpha value is -1.46. The minimum atomic E-state index is -0.379. The maximum atomic E-state index is 13.2. The smallest absolute Gasteiger partial charge is 0.246 e. The van der Waals surface area contributed by atoms with Gasteiger partial charge in [-0.25, -0.2) is 9.38 Å². The van der Waals surface area contributed by atoms with E-state index in [1.54, 1.807) is 12.1 Å². The van der Waals surface area contributed by atoms with Gasteiger partial charge in [0.2, 0.25) is 5.91 Å². The number of rotatable bonds is 5. The predicted molar refractivity (Wildman–Crippen MR) is 119 cm³/mol. The van der Waals surface area contributed by atoms with Crippen molar-refractivity contribution in [2.45, 2.75) is 19.4 Å². The number of nitrogens with one attached hydrogen (secondary N) is 2. The lowest BCUT2D eigenvalue weighted by Gasteiger charge is -2.32. The van der Waals surface area contributed by atoms with Gasteiger partial charge in [0.25, 0.3) is 0 Å². The molecule has 2 heterocycles. The molecule has 0 bridgehead atoms. The van der Waals surface area contributed by atoms with Crippen molar-refractivity contribution in [3.63, 3.8) is 0 Å². The van der Waals surface area contributed by atoms with Crippen molar-refractivity contribution in [1.29, 1.82) is 0 Å². The number of ether oxygens (including phenoxy) is 1. The third kappa shape index (κ3) is 6.56. The number of likely N-dealkylation sites (tertiary alicyclic amines) is 1. The first kappa shape index (κ1) is 22.8. The van der Waals surface area contributed by atoms with Gasteiger partial charge in [0.15, 0.2) is 5.96 Å². The molecule has 2 fully saturated rings. The summed E-state index contributed by atoms with van der Waals surface area (Å²) >= 11 is 0. The fourth-order valence-electron chi connectivity index (χ4n) is 3.51. The molecule has 28 heavy (non-hydrogen) atoms. The van der Waals surface area contributed by atoms with Gasteiger partial charge in [-0.15, -0.1) is 24.0 Å². The third-order valence-corrected chi connectivity index (χ3v) is 4.84. The van der Waals surface area contributed by atoms with Crippen LogP contribution in [0.3, 0.4) is 0 Å². The van der Waals surface area contributed by atoms with E-state index in [0.717, 1.165) is 58.3 Å². The first-order valence-electron chi connectivity index (χ1n) is 9.56. The molecular formula is C19H29FIN5O2. The lowest BCUT2D eigenvalue weighted by Crippen LogP contribution is -2.46. The number of amides is 1. The summed E-state index contributed by atoms with van der Waals surface area (Å²) in [6, 6.07) is 6.35. The fraction of sp³-hybridized carbons (Fsp3) is 0.579. The van der Waals surface area contributed by atoms with Crippen LogP contribution in [-0.4, -0.2) is 80.2 Å². The SMILES string of the molecule is CCNC(=NCC(=O)Nc1cccc(F)c1)N1CCC(N2CCOCC2)C1.I. The van der Waals surface area contributed by atoms with Gasteiger partial charge >= 0.3 is 0 Å². The molecule has 0 radical (unpaired) electrons. The minimum absolute atomic E-state index is 0. The highest BCUT2D eigenvalue weighted by Gasteiger charge is 2.30. The Kier molecular flexibility index (Phi) is 9.39. The van der Waals surface area contributed by atoms with E-state index in [9.17, 15) is 9.18 Å². The Bertz CT molecular complexity index is 669. The molecule has 7 nitrogen and oxygen atoms in total. The molecular weight excluding hydrogens is 476 g/mol. The van der Waals surface area contributed by atoms with E-state index in [1.807, 2.05) is 6.92 Å². The highest BCUT2D eigenvalue weighted by atomic mass is 127. The largest absolute Gasteiger partial charge is 0.379 e. The zero-order valence-corrected chi connectivity index (χ0v) is 18.5. The predicted octanol–water partition coefficient (Wildman–Crippen LogP) is 1.75. The number of halogens is 2. The molecule has 0 spiro atoms. The van der Waals surface area contributed by atoms with Gasteiger partial charge in [0, 0.05) is 44.5 Å². The number of aliphatic imine (C=N–C) groups is 1. The molecule has 2 N–H and O–H groups in total. The van der Waals surface area contributed by atoms with Crippen molar-refractivity contribution in [3.05, 3.63) is 30.1 Å². The molecule has 0 aromatic heterocycles. The van der Waals surface area contributed by atoms with Crippen LogP contribution in [0.15, 0.2) is 29.3 Å². The maximum Gasteiger partial charge on any atom is 0.246 e. The summed E-state index contributed by atoms with van der Waals surface area (Å²) in [5.41, 5.74) is 0.439. The molecule has 1 amide bonds. The Balaban J connectivity index is 0.00000280. The van der Waals surface area contributed by atoms with E-state index >= 15 is 0 Å². The highest BCUT2D eigenvalue weighted by molar-refractivity contribution is 14.0. The Morgan fingerprint density at radius 2 is 2.11 bits per heavy atom. The number of carbonyl (C=O) groups is 1. The normalized spacial score (nSPS) is 20.6. The monoisotopic (exact) mass is 505 g/mol. The summed E-state index contributed by atoms with van der Waals surface area (Å²) < 4.78 is 18.7. The van der Waals surface area contributed by atoms with Gasteiger partial charge in [-0.3, -0.25) is 9.69 Å². The number of guanidine groups is 1. The van der Waals surface area contributed by atoms with E-state index in [-0.39, 0.29) is 42.2 Å². The van der Waals surface area contributed by atoms with Crippen molar-refractivity contribution in [2.75, 3.05) is 57.8 Å². The average molecular weight is 505 g/mol. The Labute approximate surface area is 182 Å². The van der Waals surface area contributed by atoms with Crippen molar-refractivity contribution in [3.8, 4) is 0 Å². The van der Waals surface area contributed by atoms with Crippen LogP contribution in [-0.2, 0) is 9.53 Å². The van der Waals surface area contributed by atoms with Gasteiger partial charge in [0.05, 0.1) is 13.2 Å². The first-order valence-corrected chi connectivity index (χ1v) is 9.56. The number of hydrogen-bond acceptors (Lipinski definition) is 4. The quantitative estimate of drug-likeness (QED) is 0.363. The molecule has 1 aromatic rings. The number of morpholine rings is 1. The summed E-state index contributed by atoms with van der Waals surface area (Å²) in [6.07, 6.45) is 1.08. The summed E-state index contributed by atoms with van der Waals surface area (Å²) in [4.78, 5) is 21.3. The topological polar surface area (TPSA) is 69.2 Å². The fourth-order valence-corrected chi connectivity index (χ4v) is 3.51. The van der Waals surface area contributed by atoms with Gasteiger partial charge in [-0.1, -0.05) is 6.07 Å². The van der Waals surface area contributed by atoms with Crippen LogP contribution in [0.2, 0.25) is 0 Å². The number of hydrogen-bond donors (Lipinski definition) is 2. The van der Waals surface area contributed by atoms with E-state index in [4.69, 9.17) is 4.74 Å². The van der Waals surface area contributed by atoms with Crippen LogP contribution in [0, 0.1) is 5.82 Å².